The molecule has 4 heterocycles. The van der Waals surface area contributed by atoms with Gasteiger partial charge in [0.25, 0.3) is 0 Å². The fraction of sp³-hybridized carbons (Fsp3) is 0.0545. The van der Waals surface area contributed by atoms with Crippen molar-refractivity contribution >= 4 is 16.8 Å². The van der Waals surface area contributed by atoms with Gasteiger partial charge in [-0.15, -0.1) is 0 Å². The lowest BCUT2D eigenvalue weighted by molar-refractivity contribution is 0.436. The lowest BCUT2D eigenvalue weighted by Gasteiger charge is -2.39. The molecule has 18 aromatic rings. The summed E-state index contributed by atoms with van der Waals surface area (Å²) in [5.41, 5.74) is 36.1. The Morgan fingerprint density at radius 1 is 0.241 bits per heavy atom. The molecular weight excluding hydrogens is 1410 g/mol. The van der Waals surface area contributed by atoms with Gasteiger partial charge >= 0.3 is 0 Å². The lowest BCUT2D eigenvalue weighted by atomic mass is 9.65. The highest BCUT2D eigenvalue weighted by molar-refractivity contribution is 5.99. The van der Waals surface area contributed by atoms with Crippen molar-refractivity contribution in [1.82, 2.24) is 19.9 Å². The highest BCUT2D eigenvalue weighted by Crippen LogP contribution is 2.65. The number of benzene rings is 16. The molecule has 6 heteroatoms. The molecule has 542 valence electrons. The first-order valence-corrected chi connectivity index (χ1v) is 40.1. The summed E-state index contributed by atoms with van der Waals surface area (Å²) in [7, 11) is 0. The van der Waals surface area contributed by atoms with Gasteiger partial charge < -0.3 is 9.47 Å². The number of nitrogens with zero attached hydrogens (tertiary/aromatic N) is 4. The normalized spacial score (nSPS) is 14.2. The quantitative estimate of drug-likeness (QED) is 0.143. The largest absolute Gasteiger partial charge is 0.457 e. The van der Waals surface area contributed by atoms with Crippen LogP contribution in [0.5, 0.6) is 23.0 Å². The van der Waals surface area contributed by atoms with Gasteiger partial charge in [0.05, 0.1) is 33.6 Å². The van der Waals surface area contributed by atoms with E-state index in [1.54, 1.807) is 0 Å². The van der Waals surface area contributed by atoms with Crippen molar-refractivity contribution in [1.29, 1.82) is 0 Å². The molecule has 4 aliphatic carbocycles. The monoisotopic (exact) mass is 1480 g/mol. The minimum Gasteiger partial charge on any atom is -0.457 e. The average molecular weight is 1480 g/mol. The maximum absolute atomic E-state index is 7.51. The van der Waals surface area contributed by atoms with Crippen molar-refractivity contribution in [3.63, 3.8) is 0 Å². The summed E-state index contributed by atoms with van der Waals surface area (Å²) < 4.78 is 14.5. The van der Waals surface area contributed by atoms with Crippen molar-refractivity contribution in [3.05, 3.63) is 437 Å². The summed E-state index contributed by atoms with van der Waals surface area (Å²) in [5.74, 6) is 4.59. The molecule has 0 saturated carbocycles. The molecule has 0 bridgehead atoms. The molecule has 24 rings (SSSR count). The van der Waals surface area contributed by atoms with Gasteiger partial charge in [0.2, 0.25) is 0 Å². The Kier molecular flexibility index (Phi) is 14.3. The fourth-order valence-electron chi connectivity index (χ4n) is 20.4. The van der Waals surface area contributed by atoms with Crippen LogP contribution in [0.25, 0.3) is 151 Å². The second-order valence-corrected chi connectivity index (χ2v) is 32.2. The van der Waals surface area contributed by atoms with Gasteiger partial charge in [-0.25, -0.2) is 19.9 Å². The van der Waals surface area contributed by atoms with Crippen molar-refractivity contribution in [2.75, 3.05) is 0 Å². The Bertz CT molecular complexity index is 7220. The third-order valence-electron chi connectivity index (χ3n) is 25.6. The van der Waals surface area contributed by atoms with E-state index in [0.717, 1.165) is 141 Å². The van der Waals surface area contributed by atoms with Crippen LogP contribution in [0.4, 0.5) is 0 Å². The van der Waals surface area contributed by atoms with E-state index in [-0.39, 0.29) is 5.41 Å². The van der Waals surface area contributed by atoms with Gasteiger partial charge in [0.15, 0.2) is 11.6 Å². The molecular formula is C110H70N4O2. The van der Waals surface area contributed by atoms with Crippen molar-refractivity contribution in [2.45, 2.75) is 36.5 Å². The molecule has 6 aliphatic rings. The zero-order chi connectivity index (χ0) is 76.5. The van der Waals surface area contributed by atoms with Crippen LogP contribution in [0.1, 0.15) is 80.6 Å². The lowest BCUT2D eigenvalue weighted by Crippen LogP contribution is -2.32. The second kappa shape index (κ2) is 25.1. The van der Waals surface area contributed by atoms with E-state index in [4.69, 9.17) is 29.4 Å². The number of hydrogen-bond donors (Lipinski definition) is 0. The Labute approximate surface area is 672 Å². The molecule has 116 heavy (non-hydrogen) atoms. The van der Waals surface area contributed by atoms with E-state index in [1.807, 2.05) is 6.07 Å². The minimum atomic E-state index is -0.698. The average Bonchev–Trinajstić information content (AvgIpc) is 1.50. The van der Waals surface area contributed by atoms with Gasteiger partial charge in [-0.1, -0.05) is 317 Å². The SMILES string of the molecule is CC1(C)c2ccccc2-c2ccc(-c3cc(-c4cccc(-c5ccc6c(c5)Oc5cc(-c7cccc(-c8nc(-c9cccc(-c%10ccc%11c(c%10)Oc%10ccccc%10C%11%10c%11ccccc%11-c%11ccccc%11%10)c9)cc(-c9cc%10c%11c(cccc%11c9)CC=C%10)n8)c7)ccc5C65c6ccccc6-c6ccccc65)c4)nc(-c4ccccc4)n3)cc21. The molecule has 0 fully saturated rings. The molecule has 0 saturated heterocycles. The number of ether oxygens (including phenoxy) is 2. The Balaban J connectivity index is 0.613. The van der Waals surface area contributed by atoms with Gasteiger partial charge in [-0.2, -0.15) is 0 Å². The molecule has 0 amide bonds. The Morgan fingerprint density at radius 3 is 1.15 bits per heavy atom. The van der Waals surface area contributed by atoms with Crippen molar-refractivity contribution in [3.8, 4) is 158 Å². The standard InChI is InChI=1S/C110H70N4O2/c1-108(2)87-40-11-6-35-81(87)86-51-47-76(60-96(86)108)99-64-97(111-106(112-99)67-23-4-3-5-24-67)74-30-20-28-69(55-74)72-49-53-94-103(62-72)116-104-63-73(50-54-95(104)110(94)90-43-14-9-38-84(90)85-39-10-15-44-91(85)110)70-29-22-34-79(57-70)107-113-98(65-100(114-107)80-58-77-32-18-25-66-26-19-33-78(59-80)105(66)77)75-31-21-27-68(56-75)71-48-52-93-102(61-71)115-101-46-17-16-45-92(101)109(93)88-41-12-7-36-82(88)83-37-8-13-42-89(83)109/h3-25,27-65H,26H2,1-2H3. The molecule has 2 aliphatic heterocycles. The maximum atomic E-state index is 7.51. The van der Waals surface area contributed by atoms with Gasteiger partial charge in [0.1, 0.15) is 23.0 Å². The molecule has 2 aromatic heterocycles. The van der Waals surface area contributed by atoms with Crippen molar-refractivity contribution < 1.29 is 9.47 Å². The number of allylic oxidation sites excluding steroid dienone is 1. The molecule has 6 nitrogen and oxygen atoms in total. The first-order chi connectivity index (χ1) is 57.2. The molecule has 0 radical (unpaired) electrons. The number of hydrogen-bond acceptors (Lipinski definition) is 6. The van der Waals surface area contributed by atoms with E-state index >= 15 is 0 Å². The topological polar surface area (TPSA) is 70.0 Å². The fourth-order valence-corrected chi connectivity index (χ4v) is 20.4. The Hall–Kier alpha value is -14.7. The zero-order valence-corrected chi connectivity index (χ0v) is 63.6. The van der Waals surface area contributed by atoms with Crippen LogP contribution < -0.4 is 9.47 Å². The van der Waals surface area contributed by atoms with Gasteiger partial charge in [0, 0.05) is 61.0 Å². The van der Waals surface area contributed by atoms with Crippen LogP contribution in [0, 0.1) is 0 Å². The van der Waals surface area contributed by atoms with Crippen LogP contribution in [0.15, 0.2) is 370 Å². The van der Waals surface area contributed by atoms with E-state index < -0.39 is 10.8 Å². The summed E-state index contributed by atoms with van der Waals surface area (Å²) in [5, 5.41) is 2.49. The summed E-state index contributed by atoms with van der Waals surface area (Å²) in [4.78, 5) is 21.9. The van der Waals surface area contributed by atoms with E-state index in [0.29, 0.717) is 11.6 Å². The second-order valence-electron chi connectivity index (χ2n) is 32.2. The molecule has 16 aromatic carbocycles. The van der Waals surface area contributed by atoms with Gasteiger partial charge in [-0.05, 0) is 201 Å². The molecule has 0 atom stereocenters. The summed E-state index contributed by atoms with van der Waals surface area (Å²) in [6, 6.07) is 133. The highest BCUT2D eigenvalue weighted by atomic mass is 16.5. The van der Waals surface area contributed by atoms with E-state index in [2.05, 4.69) is 384 Å². The minimum absolute atomic E-state index is 0.166. The first-order valence-electron chi connectivity index (χ1n) is 40.1. The van der Waals surface area contributed by atoms with Crippen LogP contribution >= 0.6 is 0 Å². The predicted octanol–water partition coefficient (Wildman–Crippen LogP) is 27.2. The molecule has 0 N–H and O–H groups in total. The van der Waals surface area contributed by atoms with Crippen LogP contribution in [0.3, 0.4) is 0 Å². The highest BCUT2D eigenvalue weighted by Gasteiger charge is 2.53. The first kappa shape index (κ1) is 65.9. The van der Waals surface area contributed by atoms with Crippen LogP contribution in [0.2, 0.25) is 0 Å². The number of rotatable bonds is 9. The number of aromatic nitrogens is 4. The summed E-state index contributed by atoms with van der Waals surface area (Å²) in [6.45, 7) is 4.66. The Morgan fingerprint density at radius 2 is 0.612 bits per heavy atom. The third-order valence-corrected chi connectivity index (χ3v) is 25.6. The maximum Gasteiger partial charge on any atom is 0.160 e. The summed E-state index contributed by atoms with van der Waals surface area (Å²) >= 11 is 0. The smallest absolute Gasteiger partial charge is 0.160 e. The summed E-state index contributed by atoms with van der Waals surface area (Å²) in [6.07, 6.45) is 5.44. The predicted molar refractivity (Wildman–Crippen MR) is 469 cm³/mol. The zero-order valence-electron chi connectivity index (χ0n) is 63.6. The number of para-hydroxylation sites is 1. The van der Waals surface area contributed by atoms with Gasteiger partial charge in [-0.3, -0.25) is 0 Å². The van der Waals surface area contributed by atoms with Crippen molar-refractivity contribution in [2.24, 2.45) is 0 Å². The van der Waals surface area contributed by atoms with Crippen LogP contribution in [-0.2, 0) is 22.7 Å². The van der Waals surface area contributed by atoms with Crippen LogP contribution in [-0.4, -0.2) is 19.9 Å². The third kappa shape index (κ3) is 9.77. The molecule has 2 spiro atoms. The molecule has 0 unspecified atom stereocenters. The van der Waals surface area contributed by atoms with E-state index in [1.165, 1.54) is 88.7 Å². The number of fused-ring (bicyclic) bond motifs is 21. The van der Waals surface area contributed by atoms with E-state index in [9.17, 15) is 0 Å².